The predicted octanol–water partition coefficient (Wildman–Crippen LogP) is 2.71. The van der Waals surface area contributed by atoms with Crippen LogP contribution in [0.1, 0.15) is 11.4 Å². The van der Waals surface area contributed by atoms with Crippen LogP contribution in [0.4, 0.5) is 10.6 Å². The van der Waals surface area contributed by atoms with Crippen molar-refractivity contribution in [3.8, 4) is 11.3 Å². The standard InChI is InChI=1S/C16H17N5O2/c1-11-8-15(21(2)19-11)18-16(22)17-10-13-9-14(23-20-13)12-6-4-3-5-7-12/h3-9H,10H2,1-2H3,(H2,17,18,22). The number of carbonyl (C=O) groups is 1. The summed E-state index contributed by atoms with van der Waals surface area (Å²) in [5, 5.41) is 13.6. The van der Waals surface area contributed by atoms with E-state index in [4.69, 9.17) is 4.52 Å². The van der Waals surface area contributed by atoms with Crippen LogP contribution < -0.4 is 10.6 Å². The predicted molar refractivity (Wildman–Crippen MR) is 85.7 cm³/mol. The number of aryl methyl sites for hydroxylation is 2. The van der Waals surface area contributed by atoms with Crippen LogP contribution in [-0.2, 0) is 13.6 Å². The van der Waals surface area contributed by atoms with Gasteiger partial charge in [-0.05, 0) is 6.92 Å². The second-order valence-corrected chi connectivity index (χ2v) is 5.15. The molecular weight excluding hydrogens is 294 g/mol. The lowest BCUT2D eigenvalue weighted by atomic mass is 10.2. The van der Waals surface area contributed by atoms with Gasteiger partial charge in [0, 0.05) is 24.7 Å². The molecule has 0 aliphatic heterocycles. The molecule has 23 heavy (non-hydrogen) atoms. The number of urea groups is 1. The summed E-state index contributed by atoms with van der Waals surface area (Å²) in [5.41, 5.74) is 2.44. The molecule has 7 nitrogen and oxygen atoms in total. The molecule has 118 valence electrons. The van der Waals surface area contributed by atoms with Gasteiger partial charge >= 0.3 is 6.03 Å². The van der Waals surface area contributed by atoms with Crippen molar-refractivity contribution in [1.29, 1.82) is 0 Å². The number of anilines is 1. The largest absolute Gasteiger partial charge is 0.356 e. The number of aromatic nitrogens is 3. The van der Waals surface area contributed by atoms with Crippen LogP contribution in [0.15, 0.2) is 47.0 Å². The maximum atomic E-state index is 11.9. The Morgan fingerprint density at radius 1 is 1.26 bits per heavy atom. The number of hydrogen-bond donors (Lipinski definition) is 2. The van der Waals surface area contributed by atoms with Gasteiger partial charge in [0.05, 0.1) is 12.2 Å². The Bertz CT molecular complexity index is 807. The molecule has 0 bridgehead atoms. The average molecular weight is 311 g/mol. The Morgan fingerprint density at radius 3 is 2.74 bits per heavy atom. The normalized spacial score (nSPS) is 10.5. The summed E-state index contributed by atoms with van der Waals surface area (Å²) >= 11 is 0. The minimum Gasteiger partial charge on any atom is -0.356 e. The van der Waals surface area contributed by atoms with E-state index in [1.54, 1.807) is 17.8 Å². The van der Waals surface area contributed by atoms with E-state index in [9.17, 15) is 4.79 Å². The highest BCUT2D eigenvalue weighted by molar-refractivity contribution is 5.88. The van der Waals surface area contributed by atoms with Crippen LogP contribution in [-0.4, -0.2) is 21.0 Å². The van der Waals surface area contributed by atoms with Crippen LogP contribution >= 0.6 is 0 Å². The molecule has 7 heteroatoms. The number of hydrogen-bond acceptors (Lipinski definition) is 4. The third kappa shape index (κ3) is 3.57. The molecule has 2 heterocycles. The van der Waals surface area contributed by atoms with E-state index in [-0.39, 0.29) is 12.6 Å². The molecule has 2 N–H and O–H groups in total. The molecule has 0 fully saturated rings. The molecule has 0 spiro atoms. The Morgan fingerprint density at radius 2 is 2.04 bits per heavy atom. The van der Waals surface area contributed by atoms with Crippen LogP contribution in [0.3, 0.4) is 0 Å². The fraction of sp³-hybridized carbons (Fsp3) is 0.188. The number of nitrogens with zero attached hydrogens (tertiary/aromatic N) is 3. The summed E-state index contributed by atoms with van der Waals surface area (Å²) in [7, 11) is 1.77. The molecule has 0 radical (unpaired) electrons. The molecule has 3 rings (SSSR count). The molecule has 0 atom stereocenters. The average Bonchev–Trinajstić information content (AvgIpc) is 3.13. The molecule has 2 aromatic heterocycles. The maximum Gasteiger partial charge on any atom is 0.320 e. The van der Waals surface area contributed by atoms with E-state index in [0.717, 1.165) is 11.3 Å². The van der Waals surface area contributed by atoms with Gasteiger partial charge in [0.25, 0.3) is 0 Å². The zero-order valence-electron chi connectivity index (χ0n) is 12.9. The summed E-state index contributed by atoms with van der Waals surface area (Å²) in [5.74, 6) is 1.30. The van der Waals surface area contributed by atoms with E-state index >= 15 is 0 Å². The topological polar surface area (TPSA) is 85.0 Å². The summed E-state index contributed by atoms with van der Waals surface area (Å²) < 4.78 is 6.90. The summed E-state index contributed by atoms with van der Waals surface area (Å²) in [6.45, 7) is 2.14. The van der Waals surface area contributed by atoms with Gasteiger partial charge in [0.1, 0.15) is 11.5 Å². The van der Waals surface area contributed by atoms with Gasteiger partial charge in [-0.1, -0.05) is 35.5 Å². The second-order valence-electron chi connectivity index (χ2n) is 5.15. The third-order valence-electron chi connectivity index (χ3n) is 3.29. The highest BCUT2D eigenvalue weighted by atomic mass is 16.5. The van der Waals surface area contributed by atoms with Crippen molar-refractivity contribution in [2.75, 3.05) is 5.32 Å². The molecule has 3 aromatic rings. The molecule has 1 aromatic carbocycles. The van der Waals surface area contributed by atoms with Gasteiger partial charge in [-0.15, -0.1) is 0 Å². The number of rotatable bonds is 4. The monoisotopic (exact) mass is 311 g/mol. The first-order chi connectivity index (χ1) is 11.1. The van der Waals surface area contributed by atoms with Crippen LogP contribution in [0.25, 0.3) is 11.3 Å². The number of carbonyl (C=O) groups excluding carboxylic acids is 1. The van der Waals surface area contributed by atoms with Crippen molar-refractivity contribution in [2.45, 2.75) is 13.5 Å². The van der Waals surface area contributed by atoms with Gasteiger partial charge < -0.3 is 9.84 Å². The third-order valence-corrected chi connectivity index (χ3v) is 3.29. The summed E-state index contributed by atoms with van der Waals surface area (Å²) in [6, 6.07) is 13.0. The molecule has 0 aliphatic carbocycles. The van der Waals surface area contributed by atoms with E-state index in [2.05, 4.69) is 20.9 Å². The molecule has 2 amide bonds. The van der Waals surface area contributed by atoms with Crippen molar-refractivity contribution in [3.63, 3.8) is 0 Å². The van der Waals surface area contributed by atoms with Gasteiger partial charge in [0.15, 0.2) is 5.76 Å². The number of nitrogens with one attached hydrogen (secondary N) is 2. The fourth-order valence-electron chi connectivity index (χ4n) is 2.19. The van der Waals surface area contributed by atoms with Crippen LogP contribution in [0.2, 0.25) is 0 Å². The first kappa shape index (κ1) is 14.8. The Balaban J connectivity index is 1.57. The Hall–Kier alpha value is -3.09. The molecule has 0 aliphatic rings. The highest BCUT2D eigenvalue weighted by Crippen LogP contribution is 2.19. The second kappa shape index (κ2) is 6.35. The number of amides is 2. The number of benzene rings is 1. The zero-order valence-corrected chi connectivity index (χ0v) is 12.9. The summed E-state index contributed by atoms with van der Waals surface area (Å²) in [4.78, 5) is 11.9. The smallest absolute Gasteiger partial charge is 0.320 e. The van der Waals surface area contributed by atoms with Crippen molar-refractivity contribution in [2.24, 2.45) is 7.05 Å². The maximum absolute atomic E-state index is 11.9. The van der Waals surface area contributed by atoms with Crippen LogP contribution in [0.5, 0.6) is 0 Å². The molecule has 0 saturated carbocycles. The van der Waals surface area contributed by atoms with Crippen molar-refractivity contribution in [1.82, 2.24) is 20.3 Å². The van der Waals surface area contributed by atoms with E-state index in [1.165, 1.54) is 0 Å². The Kier molecular flexibility index (Phi) is 4.09. The van der Waals surface area contributed by atoms with E-state index in [1.807, 2.05) is 43.3 Å². The van der Waals surface area contributed by atoms with Gasteiger partial charge in [-0.2, -0.15) is 5.10 Å². The quantitative estimate of drug-likeness (QED) is 0.776. The van der Waals surface area contributed by atoms with Crippen LogP contribution in [0, 0.1) is 6.92 Å². The first-order valence-corrected chi connectivity index (χ1v) is 7.18. The highest BCUT2D eigenvalue weighted by Gasteiger charge is 2.09. The minimum atomic E-state index is -0.322. The van der Waals surface area contributed by atoms with Crippen molar-refractivity contribution < 1.29 is 9.32 Å². The van der Waals surface area contributed by atoms with Crippen molar-refractivity contribution in [3.05, 3.63) is 53.9 Å². The molecule has 0 saturated heterocycles. The lowest BCUT2D eigenvalue weighted by Crippen LogP contribution is -2.29. The van der Waals surface area contributed by atoms with Crippen molar-refractivity contribution >= 4 is 11.8 Å². The van der Waals surface area contributed by atoms with Gasteiger partial charge in [-0.25, -0.2) is 4.79 Å². The first-order valence-electron chi connectivity index (χ1n) is 7.18. The molecule has 0 unspecified atom stereocenters. The van der Waals surface area contributed by atoms with E-state index < -0.39 is 0 Å². The SMILES string of the molecule is Cc1cc(NC(=O)NCc2cc(-c3ccccc3)on2)n(C)n1. The Labute approximate surface area is 133 Å². The lowest BCUT2D eigenvalue weighted by molar-refractivity contribution is 0.251. The van der Waals surface area contributed by atoms with Gasteiger partial charge in [-0.3, -0.25) is 10.00 Å². The van der Waals surface area contributed by atoms with Gasteiger partial charge in [0.2, 0.25) is 0 Å². The molecular formula is C16H17N5O2. The zero-order chi connectivity index (χ0) is 16.2. The minimum absolute atomic E-state index is 0.277. The van der Waals surface area contributed by atoms with E-state index in [0.29, 0.717) is 17.3 Å². The fourth-order valence-corrected chi connectivity index (χ4v) is 2.19. The summed E-state index contributed by atoms with van der Waals surface area (Å²) in [6.07, 6.45) is 0. The lowest BCUT2D eigenvalue weighted by Gasteiger charge is -2.05.